The monoisotopic (exact) mass is 1050 g/mol. The van der Waals surface area contributed by atoms with Gasteiger partial charge in [-0.1, -0.05) is 114 Å². The lowest BCUT2D eigenvalue weighted by atomic mass is 9.52. The summed E-state index contributed by atoms with van der Waals surface area (Å²) in [5, 5.41) is 67.1. The second-order valence-electron chi connectivity index (χ2n) is 22.5. The number of aliphatic hydroxyl groups excluding tert-OH is 3. The van der Waals surface area contributed by atoms with E-state index in [2.05, 4.69) is 47.0 Å². The van der Waals surface area contributed by atoms with Gasteiger partial charge in [0.25, 0.3) is 0 Å². The number of phenols is 1. The fourth-order valence-electron chi connectivity index (χ4n) is 13.3. The van der Waals surface area contributed by atoms with E-state index in [-0.39, 0.29) is 56.1 Å². The molecule has 77 heavy (non-hydrogen) atoms. The van der Waals surface area contributed by atoms with Crippen LogP contribution in [-0.2, 0) is 33.6 Å². The minimum Gasteiger partial charge on any atom is -0.508 e. The van der Waals surface area contributed by atoms with Gasteiger partial charge in [-0.05, 0) is 153 Å². The Kier molecular flexibility index (Phi) is 18.6. The first-order valence-electron chi connectivity index (χ1n) is 27.4. The number of carbonyl (C=O) groups excluding carboxylic acids is 2. The summed E-state index contributed by atoms with van der Waals surface area (Å²) in [6, 6.07) is 19.2. The Bertz CT molecular complexity index is 2870. The van der Waals surface area contributed by atoms with Crippen molar-refractivity contribution in [3.63, 3.8) is 0 Å². The molecule has 2 saturated carbocycles. The molecule has 3 aromatic rings. The summed E-state index contributed by atoms with van der Waals surface area (Å²) in [6.45, 7) is 10.6. The number of benzene rings is 3. The van der Waals surface area contributed by atoms with Crippen molar-refractivity contribution < 1.29 is 39.9 Å². The molecule has 2 fully saturated rings. The molecule has 11 unspecified atom stereocenters. The first-order chi connectivity index (χ1) is 36.9. The maximum absolute atomic E-state index is 15.1. The number of ketones is 1. The van der Waals surface area contributed by atoms with Crippen molar-refractivity contribution in [2.45, 2.75) is 140 Å². The highest BCUT2D eigenvalue weighted by molar-refractivity contribution is 5.98. The fraction of sp³-hybridized carbons (Fsp3) is 0.476. The molecule has 13 N–H and O–H groups in total. The molecule has 410 valence electrons. The number of allylic oxidation sites excluding steroid dienone is 8. The van der Waals surface area contributed by atoms with Crippen molar-refractivity contribution in [1.82, 2.24) is 10.6 Å². The van der Waals surface area contributed by atoms with E-state index in [4.69, 9.17) is 21.9 Å². The summed E-state index contributed by atoms with van der Waals surface area (Å²) >= 11 is 0. The third kappa shape index (κ3) is 13.1. The quantitative estimate of drug-likeness (QED) is 0.0560. The number of guanidine groups is 1. The van der Waals surface area contributed by atoms with Gasteiger partial charge in [-0.2, -0.15) is 0 Å². The third-order valence-electron chi connectivity index (χ3n) is 17.4. The Balaban J connectivity index is 1.20. The number of fused-ring (bicyclic) bond motifs is 4. The highest BCUT2D eigenvalue weighted by Crippen LogP contribution is 2.63. The number of aromatic hydroxyl groups is 1. The molecule has 14 nitrogen and oxygen atoms in total. The van der Waals surface area contributed by atoms with Gasteiger partial charge in [0.05, 0.1) is 30.5 Å². The summed E-state index contributed by atoms with van der Waals surface area (Å²) in [7, 11) is 0. The smallest absolute Gasteiger partial charge is 0.243 e. The number of hydrogen-bond acceptors (Lipinski definition) is 11. The number of aliphatic hydroxyl groups is 4. The van der Waals surface area contributed by atoms with Crippen molar-refractivity contribution in [3.8, 4) is 17.6 Å². The van der Waals surface area contributed by atoms with Crippen LogP contribution in [0.4, 0.5) is 0 Å². The molecule has 8 rings (SSSR count). The summed E-state index contributed by atoms with van der Waals surface area (Å²) in [5.41, 5.74) is 24.8. The number of carbonyl (C=O) groups is 2. The van der Waals surface area contributed by atoms with Gasteiger partial charge in [0.15, 0.2) is 11.7 Å². The topological polar surface area (TPSA) is 259 Å². The minimum absolute atomic E-state index is 0.0508. The highest BCUT2D eigenvalue weighted by atomic mass is 16.5. The van der Waals surface area contributed by atoms with E-state index in [1.807, 2.05) is 74.5 Å². The van der Waals surface area contributed by atoms with Gasteiger partial charge >= 0.3 is 0 Å². The summed E-state index contributed by atoms with van der Waals surface area (Å²) in [4.78, 5) is 33.7. The SMILES string of the molecule is C=C1C=CC=C(C2CCC3(C4CCC(O)Cc5cccc(c5)CC(C(CN=C(N)N)c5ccc(O)cc5)C(O)CNC5C(=O)NC(N)c6cccc(c65)CC(=O)C(C)=C4CCC3(C)O)C2O)COCC#CCC(C)=CCC1. The van der Waals surface area contributed by atoms with Gasteiger partial charge in [-0.3, -0.25) is 19.9 Å². The molecule has 5 aliphatic rings. The van der Waals surface area contributed by atoms with Crippen molar-refractivity contribution in [2.24, 2.45) is 45.4 Å². The van der Waals surface area contributed by atoms with Crippen LogP contribution in [0.2, 0.25) is 0 Å². The Hall–Kier alpha value is -6.15. The van der Waals surface area contributed by atoms with Crippen molar-refractivity contribution in [1.29, 1.82) is 0 Å². The average Bonchev–Trinajstić information content (AvgIpc) is 3.87. The second kappa shape index (κ2) is 25.1. The van der Waals surface area contributed by atoms with Crippen molar-refractivity contribution in [3.05, 3.63) is 159 Å². The minimum atomic E-state index is -1.35. The molecular weight excluding hydrogens is 969 g/mol. The van der Waals surface area contributed by atoms with Crippen molar-refractivity contribution >= 4 is 17.6 Å². The Morgan fingerprint density at radius 3 is 2.48 bits per heavy atom. The molecule has 1 spiro atoms. The standard InChI is InChI=1S/C63H80N6O8/c1-38-11-5-6-30-77-37-45(18-8-14-39(2)13-7-12-38)49-27-29-63(58(49)74)53-25-24-47(71)32-41-15-9-16-42(31-41)33-51(52(35-68-61(65)66)43-20-22-46(70)23-21-43)55(73)36-67-57-56-44(17-10-19-50(56)59(64)69-60(57)75)34-54(72)40(3)48(53)26-28-62(63,4)76/h8-10,12,14-23,31,47,49,51-53,55,57-59,67,70-71,73-74,76H,2,7,11,13,24-30,32-37,64H2,1,3-4H3,(H,69,75)(H4,65,66,68). The number of nitrogens with one attached hydrogen (secondary N) is 2. The van der Waals surface area contributed by atoms with Crippen LogP contribution in [0.1, 0.15) is 130 Å². The molecular formula is C63H80N6O8. The first-order valence-corrected chi connectivity index (χ1v) is 27.4. The van der Waals surface area contributed by atoms with Crippen LogP contribution in [0.5, 0.6) is 5.75 Å². The predicted octanol–water partition coefficient (Wildman–Crippen LogP) is 6.62. The van der Waals surface area contributed by atoms with Gasteiger partial charge in [0.2, 0.25) is 5.91 Å². The number of nitrogens with zero attached hydrogens (tertiary/aromatic N) is 1. The second-order valence-corrected chi connectivity index (χ2v) is 22.5. The Morgan fingerprint density at radius 2 is 1.71 bits per heavy atom. The van der Waals surface area contributed by atoms with Crippen LogP contribution >= 0.6 is 0 Å². The molecule has 2 aliphatic carbocycles. The van der Waals surface area contributed by atoms with Gasteiger partial charge in [0.1, 0.15) is 24.6 Å². The number of amides is 1. The van der Waals surface area contributed by atoms with Gasteiger partial charge in [-0.25, -0.2) is 0 Å². The van der Waals surface area contributed by atoms with E-state index in [1.54, 1.807) is 24.3 Å². The predicted molar refractivity (Wildman–Crippen MR) is 301 cm³/mol. The van der Waals surface area contributed by atoms with Crippen LogP contribution in [0.3, 0.4) is 0 Å². The molecule has 0 aromatic heterocycles. The number of Topliss-reactive ketones (excluding diaryl/α,β-unsaturated/α-hetero) is 1. The molecule has 14 heteroatoms. The van der Waals surface area contributed by atoms with E-state index >= 15 is 4.79 Å². The lowest BCUT2D eigenvalue weighted by molar-refractivity contribution is -0.168. The van der Waals surface area contributed by atoms with Gasteiger partial charge in [-0.15, -0.1) is 0 Å². The highest BCUT2D eigenvalue weighted by Gasteiger charge is 2.64. The molecule has 2 bridgehead atoms. The van der Waals surface area contributed by atoms with E-state index in [9.17, 15) is 30.3 Å². The third-order valence-corrected chi connectivity index (χ3v) is 17.4. The zero-order chi connectivity index (χ0) is 55.0. The molecule has 1 amide bonds. The molecule has 3 aromatic carbocycles. The molecule has 11 atom stereocenters. The van der Waals surface area contributed by atoms with Crippen LogP contribution in [0.25, 0.3) is 0 Å². The van der Waals surface area contributed by atoms with Crippen LogP contribution in [0.15, 0.2) is 130 Å². The van der Waals surface area contributed by atoms with E-state index in [0.29, 0.717) is 80.1 Å². The summed E-state index contributed by atoms with van der Waals surface area (Å²) < 4.78 is 6.19. The fourth-order valence-corrected chi connectivity index (χ4v) is 13.3. The molecule has 0 saturated heterocycles. The number of nitrogens with two attached hydrogens (primary N) is 3. The van der Waals surface area contributed by atoms with Crippen LogP contribution in [-0.4, -0.2) is 93.4 Å². The normalized spacial score (nSPS) is 30.5. The maximum atomic E-state index is 15.1. The van der Waals surface area contributed by atoms with E-state index in [1.165, 1.54) is 5.57 Å². The zero-order valence-electron chi connectivity index (χ0n) is 45.0. The van der Waals surface area contributed by atoms with Crippen LogP contribution < -0.4 is 27.8 Å². The maximum Gasteiger partial charge on any atom is 0.243 e. The van der Waals surface area contributed by atoms with E-state index in [0.717, 1.165) is 46.3 Å². The van der Waals surface area contributed by atoms with Gasteiger partial charge in [0, 0.05) is 43.2 Å². The first kappa shape index (κ1) is 57.0. The molecule has 3 heterocycles. The average molecular weight is 1050 g/mol. The van der Waals surface area contributed by atoms with Crippen molar-refractivity contribution in [2.75, 3.05) is 26.3 Å². The lowest BCUT2D eigenvalue weighted by Crippen LogP contribution is -2.59. The number of hydrogen-bond donors (Lipinski definition) is 10. The summed E-state index contributed by atoms with van der Waals surface area (Å²) in [6.07, 6.45) is 9.71. The molecule has 0 radical (unpaired) electrons. The lowest BCUT2D eigenvalue weighted by Gasteiger charge is -2.56. The molecule has 3 aliphatic heterocycles. The largest absolute Gasteiger partial charge is 0.508 e. The van der Waals surface area contributed by atoms with Crippen LogP contribution in [0, 0.1) is 35.0 Å². The zero-order valence-corrected chi connectivity index (χ0v) is 45.0. The number of rotatable bonds is 5. The van der Waals surface area contributed by atoms with E-state index < -0.39 is 65.2 Å². The Labute approximate surface area is 454 Å². The number of β-amino-alcohol motifs (C(OH)–C–C–N with tert-alkyl or cyclic N) is 1. The van der Waals surface area contributed by atoms with Gasteiger partial charge < -0.3 is 52.8 Å². The Morgan fingerprint density at radius 1 is 0.961 bits per heavy atom. The number of aliphatic imine (C=N–C) groups is 1. The number of ether oxygens (including phenoxy) is 1. The summed E-state index contributed by atoms with van der Waals surface area (Å²) in [5.74, 6) is 3.86. The number of phenolic OH excluding ortho intramolecular Hbond substituents is 1.